The van der Waals surface area contributed by atoms with E-state index >= 15 is 0 Å². The first-order chi connectivity index (χ1) is 8.62. The van der Waals surface area contributed by atoms with Crippen molar-refractivity contribution in [3.63, 3.8) is 0 Å². The predicted octanol–water partition coefficient (Wildman–Crippen LogP) is 5.28. The normalized spacial score (nSPS) is 19.6. The van der Waals surface area contributed by atoms with Crippen molar-refractivity contribution in [2.75, 3.05) is 0 Å². The van der Waals surface area contributed by atoms with E-state index in [4.69, 9.17) is 4.76 Å². The van der Waals surface area contributed by atoms with Crippen molar-refractivity contribution < 1.29 is 0 Å². The van der Waals surface area contributed by atoms with Gasteiger partial charge >= 0.3 is 0 Å². The Balaban J connectivity index is 2.25. The van der Waals surface area contributed by atoms with E-state index in [2.05, 4.69) is 70.5 Å². The molecule has 2 rings (SSSR count). The zero-order valence-electron chi connectivity index (χ0n) is 13.3. The monoisotopic (exact) mass is 307 g/mol. The van der Waals surface area contributed by atoms with Gasteiger partial charge in [-0.3, -0.25) is 4.76 Å². The quantitative estimate of drug-likeness (QED) is 0.530. The molecule has 19 heavy (non-hydrogen) atoms. The number of benzene rings is 1. The lowest BCUT2D eigenvalue weighted by Crippen LogP contribution is -2.51. The van der Waals surface area contributed by atoms with Crippen LogP contribution in [-0.4, -0.2) is 26.5 Å². The molecule has 0 radical (unpaired) electrons. The molecule has 104 valence electrons. The molecule has 0 fully saturated rings. The van der Waals surface area contributed by atoms with E-state index in [-0.39, 0.29) is 8.07 Å². The van der Waals surface area contributed by atoms with Gasteiger partial charge in [-0.2, -0.15) is 0 Å². The van der Waals surface area contributed by atoms with Crippen molar-refractivity contribution in [3.8, 4) is 0 Å². The lowest BCUT2D eigenvalue weighted by Gasteiger charge is -2.37. The van der Waals surface area contributed by atoms with Gasteiger partial charge in [0.1, 0.15) is 0 Å². The zero-order valence-corrected chi connectivity index (χ0v) is 16.2. The van der Waals surface area contributed by atoms with E-state index in [0.717, 1.165) is 4.91 Å². The maximum atomic E-state index is 4.97. The fourth-order valence-electron chi connectivity index (χ4n) is 3.29. The molecule has 1 aliphatic rings. The van der Waals surface area contributed by atoms with Crippen molar-refractivity contribution in [1.29, 1.82) is 0 Å². The van der Waals surface area contributed by atoms with Gasteiger partial charge < -0.3 is 0 Å². The summed E-state index contributed by atoms with van der Waals surface area (Å²) in [6.45, 7) is 17.4. The molecule has 0 saturated heterocycles. The van der Waals surface area contributed by atoms with Crippen molar-refractivity contribution in [2.24, 2.45) is 4.76 Å². The van der Waals surface area contributed by atoms with E-state index in [1.807, 2.05) is 0 Å². The third-order valence-electron chi connectivity index (χ3n) is 3.65. The molecular formula is C15H26NPSi2. The summed E-state index contributed by atoms with van der Waals surface area (Å²) in [7, 11) is -2.46. The molecule has 0 aromatic heterocycles. The van der Waals surface area contributed by atoms with Crippen LogP contribution < -0.4 is 0 Å². The van der Waals surface area contributed by atoms with Gasteiger partial charge in [-0.15, -0.1) is 0 Å². The smallest absolute Gasteiger partial charge is 0.0924 e. The molecule has 0 spiro atoms. The summed E-state index contributed by atoms with van der Waals surface area (Å²) in [6.07, 6.45) is 0. The van der Waals surface area contributed by atoms with Crippen molar-refractivity contribution in [3.05, 3.63) is 35.4 Å². The SMILES string of the molecule is Cc1ccccc1C1=NP1C([Si](C)(C)C)[Si](C)(C)C. The third kappa shape index (κ3) is 3.26. The molecule has 1 aromatic rings. The number of rotatable bonds is 4. The van der Waals surface area contributed by atoms with Crippen LogP contribution in [0.4, 0.5) is 0 Å². The highest BCUT2D eigenvalue weighted by Gasteiger charge is 2.50. The van der Waals surface area contributed by atoms with Crippen molar-refractivity contribution in [2.45, 2.75) is 51.1 Å². The first-order valence-electron chi connectivity index (χ1n) is 7.06. The maximum Gasteiger partial charge on any atom is 0.0924 e. The first-order valence-corrected chi connectivity index (χ1v) is 15.6. The van der Waals surface area contributed by atoms with Gasteiger partial charge in [0.25, 0.3) is 0 Å². The Morgan fingerprint density at radius 1 is 0.947 bits per heavy atom. The van der Waals surface area contributed by atoms with Crippen LogP contribution in [0.25, 0.3) is 0 Å². The zero-order chi connectivity index (χ0) is 14.4. The van der Waals surface area contributed by atoms with Gasteiger partial charge in [-0.1, -0.05) is 63.5 Å². The minimum Gasteiger partial charge on any atom is -0.253 e. The molecule has 1 aromatic carbocycles. The number of hydrogen-bond donors (Lipinski definition) is 0. The second-order valence-corrected chi connectivity index (χ2v) is 21.7. The largest absolute Gasteiger partial charge is 0.253 e. The van der Waals surface area contributed by atoms with Crippen LogP contribution in [0.2, 0.25) is 39.3 Å². The van der Waals surface area contributed by atoms with Crippen molar-refractivity contribution >= 4 is 29.7 Å². The fourth-order valence-corrected chi connectivity index (χ4v) is 21.9. The van der Waals surface area contributed by atoms with Crippen LogP contribution in [0.5, 0.6) is 0 Å². The van der Waals surface area contributed by atoms with Crippen LogP contribution in [0.3, 0.4) is 0 Å². The second-order valence-electron chi connectivity index (χ2n) is 7.72. The minimum absolute atomic E-state index is 0.181. The summed E-state index contributed by atoms with van der Waals surface area (Å²) < 4.78 is 4.97. The highest BCUT2D eigenvalue weighted by molar-refractivity contribution is 7.87. The van der Waals surface area contributed by atoms with Gasteiger partial charge in [0.2, 0.25) is 0 Å². The molecular weight excluding hydrogens is 281 g/mol. The lowest BCUT2D eigenvalue weighted by atomic mass is 10.1. The molecule has 0 saturated carbocycles. The van der Waals surface area contributed by atoms with Gasteiger partial charge in [0.05, 0.1) is 29.7 Å². The van der Waals surface area contributed by atoms with E-state index in [1.54, 1.807) is 0 Å². The molecule has 1 heterocycles. The van der Waals surface area contributed by atoms with E-state index in [1.165, 1.54) is 16.6 Å². The van der Waals surface area contributed by atoms with Crippen LogP contribution in [-0.2, 0) is 0 Å². The summed E-state index contributed by atoms with van der Waals surface area (Å²) >= 11 is 0. The Morgan fingerprint density at radius 3 is 1.95 bits per heavy atom. The lowest BCUT2D eigenvalue weighted by molar-refractivity contribution is 1.45. The molecule has 1 unspecified atom stereocenters. The Hall–Kier alpha value is -0.246. The summed E-state index contributed by atoms with van der Waals surface area (Å²) in [4.78, 5) is 0.921. The van der Waals surface area contributed by atoms with Crippen LogP contribution in [0.1, 0.15) is 11.1 Å². The standard InChI is InChI=1S/C15H26NPSi2/c1-12-10-8-9-11-13(12)14-16-17(14)15(18(2,3)4)19(5,6)7/h8-11,15H,1-7H3. The summed E-state index contributed by atoms with van der Waals surface area (Å²) in [6, 6.07) is 8.73. The Kier molecular flexibility index (Phi) is 3.94. The predicted molar refractivity (Wildman–Crippen MR) is 95.1 cm³/mol. The van der Waals surface area contributed by atoms with Gasteiger partial charge in [0.15, 0.2) is 0 Å². The average molecular weight is 308 g/mol. The molecule has 0 aliphatic carbocycles. The Bertz CT molecular complexity index is 498. The van der Waals surface area contributed by atoms with E-state index < -0.39 is 16.1 Å². The number of nitrogens with zero attached hydrogens (tertiary/aromatic N) is 1. The highest BCUT2D eigenvalue weighted by Crippen LogP contribution is 2.64. The molecule has 4 heteroatoms. The molecule has 0 amide bonds. The summed E-state index contributed by atoms with van der Waals surface area (Å²) in [5.74, 6) is 0. The maximum absolute atomic E-state index is 4.97. The molecule has 1 nitrogen and oxygen atoms in total. The van der Waals surface area contributed by atoms with E-state index in [9.17, 15) is 0 Å². The molecule has 0 N–H and O–H groups in total. The summed E-state index contributed by atoms with van der Waals surface area (Å²) in [5, 5.41) is 0. The third-order valence-corrected chi connectivity index (χ3v) is 19.7. The van der Waals surface area contributed by atoms with Crippen LogP contribution in [0, 0.1) is 6.92 Å². The number of hydrogen-bond acceptors (Lipinski definition) is 1. The number of aryl methyl sites for hydroxylation is 1. The second kappa shape index (κ2) is 4.94. The average Bonchev–Trinajstić information content (AvgIpc) is 2.93. The molecule has 1 atom stereocenters. The minimum atomic E-state index is -1.14. The molecule has 0 bridgehead atoms. The molecule has 1 aliphatic heterocycles. The van der Waals surface area contributed by atoms with Crippen LogP contribution >= 0.6 is 8.07 Å². The van der Waals surface area contributed by atoms with Crippen LogP contribution in [0.15, 0.2) is 29.0 Å². The Morgan fingerprint density at radius 2 is 1.47 bits per heavy atom. The van der Waals surface area contributed by atoms with E-state index in [0.29, 0.717) is 0 Å². The topological polar surface area (TPSA) is 12.4 Å². The fraction of sp³-hybridized carbons (Fsp3) is 0.533. The highest BCUT2D eigenvalue weighted by atomic mass is 31.1. The summed E-state index contributed by atoms with van der Waals surface area (Å²) in [5.41, 5.74) is 4.24. The van der Waals surface area contributed by atoms with Gasteiger partial charge in [-0.05, 0) is 17.4 Å². The van der Waals surface area contributed by atoms with Gasteiger partial charge in [0, 0.05) is 5.56 Å². The first kappa shape index (κ1) is 15.1. The van der Waals surface area contributed by atoms with Gasteiger partial charge in [-0.25, -0.2) is 0 Å². The Labute approximate surface area is 121 Å². The van der Waals surface area contributed by atoms with Crippen molar-refractivity contribution in [1.82, 2.24) is 0 Å².